The Kier molecular flexibility index (Phi) is 5.74. The number of carbonyl (C=O) groups excluding carboxylic acids is 1. The van der Waals surface area contributed by atoms with Gasteiger partial charge >= 0.3 is 0 Å². The van der Waals surface area contributed by atoms with Gasteiger partial charge in [-0.2, -0.15) is 0 Å². The predicted octanol–water partition coefficient (Wildman–Crippen LogP) is 1.91. The lowest BCUT2D eigenvalue weighted by molar-refractivity contribution is -0.134. The standard InChI is InChI=1S/C13H24N2O.ClH/c1-10-4-6-15(9-11(10)2)13(16)7-12-3-5-14-8-12;/h10-12,14H,3-9H2,1-2H3;1H. The molecule has 2 rings (SSSR count). The highest BCUT2D eigenvalue weighted by atomic mass is 35.5. The lowest BCUT2D eigenvalue weighted by Crippen LogP contribution is -2.42. The molecule has 0 aromatic rings. The van der Waals surface area contributed by atoms with Gasteiger partial charge in [0.1, 0.15) is 0 Å². The minimum absolute atomic E-state index is 0. The molecule has 2 aliphatic heterocycles. The Morgan fingerprint density at radius 2 is 2.06 bits per heavy atom. The zero-order valence-electron chi connectivity index (χ0n) is 10.9. The second-order valence-corrected chi connectivity index (χ2v) is 5.65. The Bertz CT molecular complexity index is 254. The topological polar surface area (TPSA) is 32.3 Å². The number of nitrogens with one attached hydrogen (secondary N) is 1. The van der Waals surface area contributed by atoms with Crippen LogP contribution in [0.2, 0.25) is 0 Å². The Morgan fingerprint density at radius 1 is 1.29 bits per heavy atom. The number of hydrogen-bond donors (Lipinski definition) is 1. The number of nitrogens with zero attached hydrogens (tertiary/aromatic N) is 1. The van der Waals surface area contributed by atoms with Gasteiger partial charge in [0.05, 0.1) is 0 Å². The first-order valence-corrected chi connectivity index (χ1v) is 6.65. The fourth-order valence-electron chi connectivity index (χ4n) is 2.75. The minimum Gasteiger partial charge on any atom is -0.342 e. The maximum atomic E-state index is 12.1. The van der Waals surface area contributed by atoms with Crippen LogP contribution in [-0.2, 0) is 4.79 Å². The van der Waals surface area contributed by atoms with Gasteiger partial charge in [0, 0.05) is 19.5 Å². The molecule has 0 spiro atoms. The number of likely N-dealkylation sites (tertiary alicyclic amines) is 1. The average molecular weight is 261 g/mol. The normalized spacial score (nSPS) is 33.3. The summed E-state index contributed by atoms with van der Waals surface area (Å²) in [5.41, 5.74) is 0. The van der Waals surface area contributed by atoms with E-state index in [0.29, 0.717) is 17.7 Å². The van der Waals surface area contributed by atoms with Crippen LogP contribution in [0.1, 0.15) is 33.1 Å². The SMILES string of the molecule is CC1CCN(C(=O)CC2CCNC2)CC1C.Cl. The van der Waals surface area contributed by atoms with E-state index in [1.807, 2.05) is 0 Å². The molecule has 1 amide bonds. The Balaban J connectivity index is 0.00000144. The first-order valence-electron chi connectivity index (χ1n) is 6.65. The van der Waals surface area contributed by atoms with Crippen LogP contribution in [0.4, 0.5) is 0 Å². The molecule has 4 heteroatoms. The van der Waals surface area contributed by atoms with E-state index in [1.165, 1.54) is 12.8 Å². The second kappa shape index (κ2) is 6.60. The molecule has 100 valence electrons. The number of amides is 1. The third kappa shape index (κ3) is 3.85. The van der Waals surface area contributed by atoms with Gasteiger partial charge in [0.2, 0.25) is 5.91 Å². The van der Waals surface area contributed by atoms with E-state index in [9.17, 15) is 4.79 Å². The molecule has 0 aromatic heterocycles. The highest BCUT2D eigenvalue weighted by molar-refractivity contribution is 5.85. The summed E-state index contributed by atoms with van der Waals surface area (Å²) >= 11 is 0. The van der Waals surface area contributed by atoms with Gasteiger partial charge in [0.25, 0.3) is 0 Å². The molecule has 3 nitrogen and oxygen atoms in total. The van der Waals surface area contributed by atoms with E-state index in [2.05, 4.69) is 24.1 Å². The molecule has 2 fully saturated rings. The minimum atomic E-state index is 0. The number of halogens is 1. The molecule has 1 N–H and O–H groups in total. The summed E-state index contributed by atoms with van der Waals surface area (Å²) in [6, 6.07) is 0. The van der Waals surface area contributed by atoms with Crippen LogP contribution in [0.3, 0.4) is 0 Å². The maximum absolute atomic E-state index is 12.1. The monoisotopic (exact) mass is 260 g/mol. The van der Waals surface area contributed by atoms with Crippen molar-refractivity contribution in [2.75, 3.05) is 26.2 Å². The van der Waals surface area contributed by atoms with Crippen LogP contribution in [0.15, 0.2) is 0 Å². The van der Waals surface area contributed by atoms with E-state index in [0.717, 1.165) is 38.5 Å². The van der Waals surface area contributed by atoms with Crippen molar-refractivity contribution in [1.82, 2.24) is 10.2 Å². The van der Waals surface area contributed by atoms with Gasteiger partial charge in [-0.15, -0.1) is 12.4 Å². The largest absolute Gasteiger partial charge is 0.342 e. The van der Waals surface area contributed by atoms with Crippen molar-refractivity contribution in [3.8, 4) is 0 Å². The Hall–Kier alpha value is -0.280. The zero-order chi connectivity index (χ0) is 11.5. The van der Waals surface area contributed by atoms with Gasteiger partial charge in [-0.1, -0.05) is 13.8 Å². The van der Waals surface area contributed by atoms with Gasteiger partial charge in [-0.25, -0.2) is 0 Å². The molecule has 0 aromatic carbocycles. The van der Waals surface area contributed by atoms with E-state index in [4.69, 9.17) is 0 Å². The van der Waals surface area contributed by atoms with E-state index in [1.54, 1.807) is 0 Å². The summed E-state index contributed by atoms with van der Waals surface area (Å²) in [5, 5.41) is 3.33. The molecule has 2 saturated heterocycles. The van der Waals surface area contributed by atoms with Crippen molar-refractivity contribution < 1.29 is 4.79 Å². The Morgan fingerprint density at radius 3 is 2.65 bits per heavy atom. The smallest absolute Gasteiger partial charge is 0.222 e. The van der Waals surface area contributed by atoms with Crippen LogP contribution >= 0.6 is 12.4 Å². The molecular weight excluding hydrogens is 236 g/mol. The van der Waals surface area contributed by atoms with Crippen LogP contribution in [-0.4, -0.2) is 37.0 Å². The first-order chi connectivity index (χ1) is 7.66. The van der Waals surface area contributed by atoms with Crippen molar-refractivity contribution in [2.45, 2.75) is 33.1 Å². The molecular formula is C13H25ClN2O. The third-order valence-corrected chi connectivity index (χ3v) is 4.31. The fourth-order valence-corrected chi connectivity index (χ4v) is 2.75. The summed E-state index contributed by atoms with van der Waals surface area (Å²) in [6.45, 7) is 8.64. The highest BCUT2D eigenvalue weighted by Gasteiger charge is 2.27. The van der Waals surface area contributed by atoms with E-state index >= 15 is 0 Å². The summed E-state index contributed by atoms with van der Waals surface area (Å²) in [5.74, 6) is 2.41. The van der Waals surface area contributed by atoms with Gasteiger partial charge in [0.15, 0.2) is 0 Å². The molecule has 2 heterocycles. The number of rotatable bonds is 2. The molecule has 2 aliphatic rings. The number of piperidine rings is 1. The van der Waals surface area contributed by atoms with Gasteiger partial charge in [-0.05, 0) is 43.7 Å². The molecule has 0 radical (unpaired) electrons. The number of hydrogen-bond acceptors (Lipinski definition) is 2. The van der Waals surface area contributed by atoms with Crippen LogP contribution in [0, 0.1) is 17.8 Å². The predicted molar refractivity (Wildman–Crippen MR) is 72.4 cm³/mol. The molecule has 17 heavy (non-hydrogen) atoms. The average Bonchev–Trinajstić information content (AvgIpc) is 2.74. The lowest BCUT2D eigenvalue weighted by atomic mass is 9.88. The van der Waals surface area contributed by atoms with Gasteiger partial charge < -0.3 is 10.2 Å². The lowest BCUT2D eigenvalue weighted by Gasteiger charge is -2.35. The van der Waals surface area contributed by atoms with Crippen LogP contribution in [0.25, 0.3) is 0 Å². The molecule has 3 atom stereocenters. The summed E-state index contributed by atoms with van der Waals surface area (Å²) in [4.78, 5) is 14.2. The fraction of sp³-hybridized carbons (Fsp3) is 0.923. The summed E-state index contributed by atoms with van der Waals surface area (Å²) < 4.78 is 0. The molecule has 0 bridgehead atoms. The quantitative estimate of drug-likeness (QED) is 0.823. The van der Waals surface area contributed by atoms with Crippen LogP contribution < -0.4 is 5.32 Å². The van der Waals surface area contributed by atoms with Crippen molar-refractivity contribution in [3.05, 3.63) is 0 Å². The van der Waals surface area contributed by atoms with Crippen molar-refractivity contribution in [3.63, 3.8) is 0 Å². The van der Waals surface area contributed by atoms with Gasteiger partial charge in [-0.3, -0.25) is 4.79 Å². The number of carbonyl (C=O) groups is 1. The van der Waals surface area contributed by atoms with Crippen molar-refractivity contribution in [2.24, 2.45) is 17.8 Å². The molecule has 0 saturated carbocycles. The summed E-state index contributed by atoms with van der Waals surface area (Å²) in [7, 11) is 0. The second-order valence-electron chi connectivity index (χ2n) is 5.65. The van der Waals surface area contributed by atoms with Crippen LogP contribution in [0.5, 0.6) is 0 Å². The summed E-state index contributed by atoms with van der Waals surface area (Å²) in [6.07, 6.45) is 3.11. The molecule has 0 aliphatic carbocycles. The van der Waals surface area contributed by atoms with Crippen molar-refractivity contribution in [1.29, 1.82) is 0 Å². The maximum Gasteiger partial charge on any atom is 0.222 e. The molecule has 3 unspecified atom stereocenters. The van der Waals surface area contributed by atoms with E-state index < -0.39 is 0 Å². The van der Waals surface area contributed by atoms with E-state index in [-0.39, 0.29) is 12.4 Å². The third-order valence-electron chi connectivity index (χ3n) is 4.31. The first kappa shape index (κ1) is 14.8. The Labute approximate surface area is 111 Å². The highest BCUT2D eigenvalue weighted by Crippen LogP contribution is 2.24. The zero-order valence-corrected chi connectivity index (χ0v) is 11.8. The van der Waals surface area contributed by atoms with Crippen molar-refractivity contribution >= 4 is 18.3 Å².